The molecule has 4 aromatic rings. The van der Waals surface area contributed by atoms with E-state index in [0.717, 1.165) is 29.6 Å². The number of fused-ring (bicyclic) bond motifs is 1. The van der Waals surface area contributed by atoms with Gasteiger partial charge in [0, 0.05) is 67.1 Å². The van der Waals surface area contributed by atoms with E-state index in [1.54, 1.807) is 29.2 Å². The Kier molecular flexibility index (Phi) is 9.66. The van der Waals surface area contributed by atoms with Gasteiger partial charge in [-0.05, 0) is 66.4 Å². The lowest BCUT2D eigenvalue weighted by Crippen LogP contribution is -2.43. The Morgan fingerprint density at radius 2 is 1.59 bits per heavy atom. The molecule has 0 aliphatic rings. The number of benzene rings is 3. The van der Waals surface area contributed by atoms with Crippen LogP contribution in [0, 0.1) is 0 Å². The second-order valence-electron chi connectivity index (χ2n) is 10.1. The van der Waals surface area contributed by atoms with E-state index in [0.29, 0.717) is 36.6 Å². The van der Waals surface area contributed by atoms with Crippen LogP contribution in [-0.2, 0) is 17.8 Å². The van der Waals surface area contributed by atoms with Crippen molar-refractivity contribution in [3.05, 3.63) is 101 Å². The maximum atomic E-state index is 13.8. The van der Waals surface area contributed by atoms with Gasteiger partial charge in [0.2, 0.25) is 5.91 Å². The SMILES string of the molecule is CCCCN(CC(=O)N(CCc1c[nH]c2ccccc12)Cc1ccc(N(C)C)cc1)C(=O)c1ccc(Cl)cc1. The van der Waals surface area contributed by atoms with Gasteiger partial charge in [-0.25, -0.2) is 0 Å². The number of amides is 2. The highest BCUT2D eigenvalue weighted by molar-refractivity contribution is 6.30. The molecule has 6 nitrogen and oxygen atoms in total. The first kappa shape index (κ1) is 28.2. The number of para-hydroxylation sites is 1. The molecule has 1 aromatic heterocycles. The van der Waals surface area contributed by atoms with E-state index in [1.165, 1.54) is 10.9 Å². The van der Waals surface area contributed by atoms with Gasteiger partial charge in [0.15, 0.2) is 0 Å². The third-order valence-electron chi connectivity index (χ3n) is 6.99. The molecule has 0 radical (unpaired) electrons. The van der Waals surface area contributed by atoms with Crippen LogP contribution in [0.2, 0.25) is 5.02 Å². The maximum absolute atomic E-state index is 13.8. The number of carbonyl (C=O) groups is 2. The van der Waals surface area contributed by atoms with Gasteiger partial charge >= 0.3 is 0 Å². The fourth-order valence-electron chi connectivity index (χ4n) is 4.65. The Bertz CT molecular complexity index is 1380. The number of rotatable bonds is 12. The van der Waals surface area contributed by atoms with Crippen molar-refractivity contribution in [3.63, 3.8) is 0 Å². The number of hydrogen-bond donors (Lipinski definition) is 1. The fraction of sp³-hybridized carbons (Fsp3) is 0.312. The lowest BCUT2D eigenvalue weighted by atomic mass is 10.1. The molecule has 0 bridgehead atoms. The predicted octanol–water partition coefficient (Wildman–Crippen LogP) is 6.40. The van der Waals surface area contributed by atoms with Crippen LogP contribution in [0.3, 0.4) is 0 Å². The fourth-order valence-corrected chi connectivity index (χ4v) is 4.77. The van der Waals surface area contributed by atoms with Crippen molar-refractivity contribution < 1.29 is 9.59 Å². The molecule has 1 N–H and O–H groups in total. The Labute approximate surface area is 236 Å². The summed E-state index contributed by atoms with van der Waals surface area (Å²) in [5.74, 6) is -0.217. The molecular formula is C32H37ClN4O2. The van der Waals surface area contributed by atoms with E-state index >= 15 is 0 Å². The first-order valence-electron chi connectivity index (χ1n) is 13.5. The van der Waals surface area contributed by atoms with Crippen LogP contribution in [0.1, 0.15) is 41.3 Å². The molecule has 0 fully saturated rings. The van der Waals surface area contributed by atoms with E-state index < -0.39 is 0 Å². The zero-order chi connectivity index (χ0) is 27.8. The van der Waals surface area contributed by atoms with Gasteiger partial charge in [-0.15, -0.1) is 0 Å². The molecule has 39 heavy (non-hydrogen) atoms. The van der Waals surface area contributed by atoms with Crippen LogP contribution in [0.5, 0.6) is 0 Å². The van der Waals surface area contributed by atoms with Gasteiger partial charge in [0.05, 0.1) is 0 Å². The average molecular weight is 545 g/mol. The Morgan fingerprint density at radius 1 is 0.872 bits per heavy atom. The number of aromatic amines is 1. The van der Waals surface area contributed by atoms with Gasteiger partial charge < -0.3 is 19.7 Å². The number of carbonyl (C=O) groups excluding carboxylic acids is 2. The minimum atomic E-state index is -0.152. The Balaban J connectivity index is 1.55. The van der Waals surface area contributed by atoms with Crippen molar-refractivity contribution in [3.8, 4) is 0 Å². The van der Waals surface area contributed by atoms with Crippen LogP contribution in [0.25, 0.3) is 10.9 Å². The summed E-state index contributed by atoms with van der Waals surface area (Å²) in [6, 6.07) is 23.3. The number of H-pyrrole nitrogens is 1. The molecule has 7 heteroatoms. The number of unbranched alkanes of at least 4 members (excludes halogenated alkanes) is 1. The summed E-state index contributed by atoms with van der Waals surface area (Å²) in [4.78, 5) is 36.1. The molecule has 1 heterocycles. The van der Waals surface area contributed by atoms with E-state index in [9.17, 15) is 9.59 Å². The molecule has 0 saturated carbocycles. The lowest BCUT2D eigenvalue weighted by Gasteiger charge is -2.28. The quantitative estimate of drug-likeness (QED) is 0.224. The Morgan fingerprint density at radius 3 is 2.28 bits per heavy atom. The monoisotopic (exact) mass is 544 g/mol. The second-order valence-corrected chi connectivity index (χ2v) is 10.5. The van der Waals surface area contributed by atoms with Crippen molar-refractivity contribution in [1.29, 1.82) is 0 Å². The highest BCUT2D eigenvalue weighted by atomic mass is 35.5. The first-order valence-corrected chi connectivity index (χ1v) is 13.9. The van der Waals surface area contributed by atoms with Crippen molar-refractivity contribution in [2.24, 2.45) is 0 Å². The highest BCUT2D eigenvalue weighted by Crippen LogP contribution is 2.20. The van der Waals surface area contributed by atoms with Crippen LogP contribution >= 0.6 is 11.6 Å². The number of aromatic nitrogens is 1. The van der Waals surface area contributed by atoms with Gasteiger partial charge in [-0.3, -0.25) is 9.59 Å². The summed E-state index contributed by atoms with van der Waals surface area (Å²) in [7, 11) is 4.02. The van der Waals surface area contributed by atoms with Crippen LogP contribution in [0.15, 0.2) is 79.0 Å². The summed E-state index contributed by atoms with van der Waals surface area (Å²) in [6.45, 7) is 3.67. The van der Waals surface area contributed by atoms with E-state index in [1.807, 2.05) is 37.3 Å². The normalized spacial score (nSPS) is 11.0. The minimum absolute atomic E-state index is 0.0329. The molecule has 0 aliphatic heterocycles. The molecule has 0 saturated heterocycles. The van der Waals surface area contributed by atoms with Crippen LogP contribution in [0.4, 0.5) is 5.69 Å². The van der Waals surface area contributed by atoms with E-state index in [-0.39, 0.29) is 18.4 Å². The standard InChI is InChI=1S/C32H37ClN4O2/c1-4-5-19-37(32(39)25-12-14-27(33)15-13-25)23-31(38)36(22-24-10-16-28(17-11-24)35(2)3)20-18-26-21-34-30-9-7-6-8-29(26)30/h6-17,21,34H,4-5,18-20,22-23H2,1-3H3. The molecule has 4 rings (SSSR count). The van der Waals surface area contributed by atoms with Gasteiger partial charge in [-0.1, -0.05) is 55.3 Å². The van der Waals surface area contributed by atoms with Gasteiger partial charge in [0.1, 0.15) is 6.54 Å². The van der Waals surface area contributed by atoms with E-state index in [4.69, 9.17) is 11.6 Å². The summed E-state index contributed by atoms with van der Waals surface area (Å²) < 4.78 is 0. The topological polar surface area (TPSA) is 59.7 Å². The zero-order valence-corrected chi connectivity index (χ0v) is 23.7. The van der Waals surface area contributed by atoms with Crippen molar-refractivity contribution in [2.75, 3.05) is 38.6 Å². The van der Waals surface area contributed by atoms with Crippen LogP contribution < -0.4 is 4.90 Å². The first-order chi connectivity index (χ1) is 18.9. The molecule has 0 spiro atoms. The van der Waals surface area contributed by atoms with Crippen molar-refractivity contribution in [1.82, 2.24) is 14.8 Å². The molecule has 3 aromatic carbocycles. The zero-order valence-electron chi connectivity index (χ0n) is 23.0. The van der Waals surface area contributed by atoms with Crippen molar-refractivity contribution >= 4 is 40.0 Å². The minimum Gasteiger partial charge on any atom is -0.378 e. The summed E-state index contributed by atoms with van der Waals surface area (Å²) in [5.41, 5.74) is 4.95. The summed E-state index contributed by atoms with van der Waals surface area (Å²) in [5, 5.41) is 1.74. The lowest BCUT2D eigenvalue weighted by molar-refractivity contribution is -0.132. The molecule has 0 unspecified atom stereocenters. The average Bonchev–Trinajstić information content (AvgIpc) is 3.36. The number of anilines is 1. The highest BCUT2D eigenvalue weighted by Gasteiger charge is 2.23. The second kappa shape index (κ2) is 13.3. The van der Waals surface area contributed by atoms with Gasteiger partial charge in [0.25, 0.3) is 5.91 Å². The van der Waals surface area contributed by atoms with E-state index in [2.05, 4.69) is 53.2 Å². The third-order valence-corrected chi connectivity index (χ3v) is 7.24. The number of hydrogen-bond acceptors (Lipinski definition) is 3. The largest absolute Gasteiger partial charge is 0.378 e. The molecule has 2 amide bonds. The van der Waals surface area contributed by atoms with Crippen LogP contribution in [-0.4, -0.2) is 60.3 Å². The molecular weight excluding hydrogens is 508 g/mol. The predicted molar refractivity (Wildman–Crippen MR) is 160 cm³/mol. The molecule has 0 aliphatic carbocycles. The number of nitrogens with zero attached hydrogens (tertiary/aromatic N) is 3. The Hall–Kier alpha value is -3.77. The number of halogens is 1. The molecule has 0 atom stereocenters. The maximum Gasteiger partial charge on any atom is 0.254 e. The van der Waals surface area contributed by atoms with Gasteiger partial charge in [-0.2, -0.15) is 0 Å². The third kappa shape index (κ3) is 7.42. The summed E-state index contributed by atoms with van der Waals surface area (Å²) in [6.07, 6.45) is 4.50. The molecule has 204 valence electrons. The smallest absolute Gasteiger partial charge is 0.254 e. The number of nitrogens with one attached hydrogen (secondary N) is 1. The van der Waals surface area contributed by atoms with Crippen molar-refractivity contribution in [2.45, 2.75) is 32.7 Å². The summed E-state index contributed by atoms with van der Waals surface area (Å²) >= 11 is 6.03.